The van der Waals surface area contributed by atoms with E-state index in [4.69, 9.17) is 9.52 Å². The zero-order valence-electron chi connectivity index (χ0n) is 10.9. The number of aromatic carboxylic acids is 1. The zero-order valence-corrected chi connectivity index (χ0v) is 11.7. The van der Waals surface area contributed by atoms with Gasteiger partial charge in [0.15, 0.2) is 5.76 Å². The fraction of sp³-hybridized carbons (Fsp3) is 0.467. The summed E-state index contributed by atoms with van der Waals surface area (Å²) in [6.07, 6.45) is 6.64. The first-order valence-corrected chi connectivity index (χ1v) is 7.86. The third-order valence-electron chi connectivity index (χ3n) is 4.68. The largest absolute Gasteiger partial charge is 0.478 e. The molecule has 2 fully saturated rings. The van der Waals surface area contributed by atoms with Gasteiger partial charge in [0.1, 0.15) is 12.0 Å². The lowest BCUT2D eigenvalue weighted by molar-refractivity contribution is 0.0696. The smallest absolute Gasteiger partial charge is 0.338 e. The molecule has 1 N–H and O–H groups in total. The molecular weight excluding hydrogens is 274 g/mol. The normalized spacial score (nSPS) is 28.1. The van der Waals surface area contributed by atoms with Crippen molar-refractivity contribution in [3.8, 4) is 11.5 Å². The first-order chi connectivity index (χ1) is 9.70. The molecule has 2 aliphatic rings. The number of carboxylic acids is 1. The molecular formula is C15H15NO3S. The lowest BCUT2D eigenvalue weighted by Crippen LogP contribution is -2.07. The number of furan rings is 1. The number of rotatable bonds is 3. The second kappa shape index (κ2) is 4.45. The van der Waals surface area contributed by atoms with Crippen molar-refractivity contribution in [1.82, 2.24) is 4.98 Å². The molecule has 2 aromatic rings. The standard InChI is InChI=1S/C15H15NO3S/c17-15(18)10-5-13(19-6-10)12-7-20-14(16-12)11-4-8-1-2-9(11)3-8/h5-9,11H,1-4H2,(H,17,18). The van der Waals surface area contributed by atoms with Gasteiger partial charge in [0, 0.05) is 17.4 Å². The van der Waals surface area contributed by atoms with Gasteiger partial charge >= 0.3 is 5.97 Å². The lowest BCUT2D eigenvalue weighted by atomic mass is 9.89. The van der Waals surface area contributed by atoms with E-state index in [-0.39, 0.29) is 5.56 Å². The Balaban J connectivity index is 1.60. The van der Waals surface area contributed by atoms with Gasteiger partial charge in [0.25, 0.3) is 0 Å². The molecule has 0 saturated heterocycles. The summed E-state index contributed by atoms with van der Waals surface area (Å²) in [4.78, 5) is 15.6. The molecule has 2 aliphatic carbocycles. The molecule has 0 amide bonds. The average Bonchev–Trinajstić information content (AvgIpc) is 3.20. The summed E-state index contributed by atoms with van der Waals surface area (Å²) in [6, 6.07) is 1.54. The minimum Gasteiger partial charge on any atom is -0.478 e. The maximum absolute atomic E-state index is 10.9. The highest BCUT2D eigenvalue weighted by Crippen LogP contribution is 2.53. The maximum Gasteiger partial charge on any atom is 0.338 e. The van der Waals surface area contributed by atoms with E-state index >= 15 is 0 Å². The molecule has 0 aromatic carbocycles. The van der Waals surface area contributed by atoms with Crippen LogP contribution in [0.5, 0.6) is 0 Å². The third kappa shape index (κ3) is 1.88. The fourth-order valence-electron chi connectivity index (χ4n) is 3.70. The molecule has 5 heteroatoms. The quantitative estimate of drug-likeness (QED) is 0.927. The van der Waals surface area contributed by atoms with Crippen molar-refractivity contribution in [1.29, 1.82) is 0 Å². The van der Waals surface area contributed by atoms with Crippen LogP contribution in [-0.4, -0.2) is 16.1 Å². The van der Waals surface area contributed by atoms with E-state index < -0.39 is 5.97 Å². The Labute approximate surface area is 120 Å². The minimum atomic E-state index is -0.969. The molecule has 3 unspecified atom stereocenters. The molecule has 2 saturated carbocycles. The number of thiazole rings is 1. The Morgan fingerprint density at radius 2 is 2.30 bits per heavy atom. The van der Waals surface area contributed by atoms with Crippen LogP contribution in [-0.2, 0) is 0 Å². The Kier molecular flexibility index (Phi) is 2.70. The SMILES string of the molecule is O=C(O)c1coc(-c2csc(C3CC4CCC3C4)n2)c1. The second-order valence-electron chi connectivity index (χ2n) is 5.86. The van der Waals surface area contributed by atoms with Crippen molar-refractivity contribution in [2.75, 3.05) is 0 Å². The van der Waals surface area contributed by atoms with Gasteiger partial charge in [-0.1, -0.05) is 6.42 Å². The second-order valence-corrected chi connectivity index (χ2v) is 6.75. The first kappa shape index (κ1) is 12.1. The predicted molar refractivity (Wildman–Crippen MR) is 75.0 cm³/mol. The average molecular weight is 289 g/mol. The molecule has 4 nitrogen and oxygen atoms in total. The van der Waals surface area contributed by atoms with Gasteiger partial charge in [0.2, 0.25) is 0 Å². The van der Waals surface area contributed by atoms with Crippen LogP contribution in [0.15, 0.2) is 22.1 Å². The summed E-state index contributed by atoms with van der Waals surface area (Å²) in [6.45, 7) is 0. The van der Waals surface area contributed by atoms with E-state index in [1.165, 1.54) is 37.0 Å². The van der Waals surface area contributed by atoms with Crippen LogP contribution < -0.4 is 0 Å². The van der Waals surface area contributed by atoms with Crippen molar-refractivity contribution in [2.24, 2.45) is 11.8 Å². The lowest BCUT2D eigenvalue weighted by Gasteiger charge is -2.18. The third-order valence-corrected chi connectivity index (χ3v) is 5.65. The highest BCUT2D eigenvalue weighted by Gasteiger charge is 2.41. The predicted octanol–water partition coefficient (Wildman–Crippen LogP) is 4.00. The molecule has 2 aromatic heterocycles. The van der Waals surface area contributed by atoms with Crippen LogP contribution in [0.1, 0.15) is 47.0 Å². The molecule has 0 radical (unpaired) electrons. The summed E-state index contributed by atoms with van der Waals surface area (Å²) >= 11 is 1.68. The number of carbonyl (C=O) groups is 1. The Bertz CT molecular complexity index is 660. The number of nitrogens with zero attached hydrogens (tertiary/aromatic N) is 1. The summed E-state index contributed by atoms with van der Waals surface area (Å²) in [5.41, 5.74) is 0.940. The molecule has 2 bridgehead atoms. The van der Waals surface area contributed by atoms with Crippen LogP contribution in [0.2, 0.25) is 0 Å². The zero-order chi connectivity index (χ0) is 13.7. The number of hydrogen-bond acceptors (Lipinski definition) is 4. The van der Waals surface area contributed by atoms with E-state index in [1.807, 2.05) is 5.38 Å². The first-order valence-electron chi connectivity index (χ1n) is 6.98. The highest BCUT2D eigenvalue weighted by molar-refractivity contribution is 7.10. The number of aromatic nitrogens is 1. The molecule has 2 heterocycles. The van der Waals surface area contributed by atoms with Crippen LogP contribution in [0.3, 0.4) is 0 Å². The summed E-state index contributed by atoms with van der Waals surface area (Å²) < 4.78 is 5.31. The Morgan fingerprint density at radius 1 is 1.40 bits per heavy atom. The van der Waals surface area contributed by atoms with Gasteiger partial charge in [-0.05, 0) is 31.1 Å². The summed E-state index contributed by atoms with van der Waals surface area (Å²) in [7, 11) is 0. The van der Waals surface area contributed by atoms with Gasteiger partial charge in [-0.2, -0.15) is 0 Å². The molecule has 3 atom stereocenters. The number of fused-ring (bicyclic) bond motifs is 2. The molecule has 0 spiro atoms. The van der Waals surface area contributed by atoms with Crippen molar-refractivity contribution in [3.05, 3.63) is 28.3 Å². The van der Waals surface area contributed by atoms with Crippen LogP contribution >= 0.6 is 11.3 Å². The van der Waals surface area contributed by atoms with Crippen molar-refractivity contribution in [3.63, 3.8) is 0 Å². The van der Waals surface area contributed by atoms with Crippen molar-refractivity contribution in [2.45, 2.75) is 31.6 Å². The Hall–Kier alpha value is -1.62. The topological polar surface area (TPSA) is 63.3 Å². The van der Waals surface area contributed by atoms with Gasteiger partial charge in [-0.15, -0.1) is 11.3 Å². The van der Waals surface area contributed by atoms with Crippen LogP contribution in [0.25, 0.3) is 11.5 Å². The van der Waals surface area contributed by atoms with E-state index in [0.29, 0.717) is 11.7 Å². The van der Waals surface area contributed by atoms with Crippen LogP contribution in [0.4, 0.5) is 0 Å². The van der Waals surface area contributed by atoms with E-state index in [0.717, 1.165) is 17.5 Å². The van der Waals surface area contributed by atoms with E-state index in [9.17, 15) is 4.79 Å². The number of carboxylic acid groups (broad SMARTS) is 1. The van der Waals surface area contributed by atoms with Gasteiger partial charge < -0.3 is 9.52 Å². The fourth-order valence-corrected chi connectivity index (χ4v) is 4.72. The van der Waals surface area contributed by atoms with Gasteiger partial charge in [0.05, 0.1) is 10.6 Å². The van der Waals surface area contributed by atoms with Crippen molar-refractivity contribution >= 4 is 17.3 Å². The summed E-state index contributed by atoms with van der Waals surface area (Å²) in [5, 5.41) is 12.1. The summed E-state index contributed by atoms with van der Waals surface area (Å²) in [5.74, 6) is 1.91. The molecule has 20 heavy (non-hydrogen) atoms. The minimum absolute atomic E-state index is 0.175. The van der Waals surface area contributed by atoms with E-state index in [1.54, 1.807) is 17.4 Å². The Morgan fingerprint density at radius 3 is 2.95 bits per heavy atom. The van der Waals surface area contributed by atoms with Crippen LogP contribution in [0, 0.1) is 11.8 Å². The highest BCUT2D eigenvalue weighted by atomic mass is 32.1. The monoisotopic (exact) mass is 289 g/mol. The van der Waals surface area contributed by atoms with Gasteiger partial charge in [-0.25, -0.2) is 9.78 Å². The van der Waals surface area contributed by atoms with Gasteiger partial charge in [-0.3, -0.25) is 0 Å². The van der Waals surface area contributed by atoms with E-state index in [2.05, 4.69) is 4.98 Å². The molecule has 104 valence electrons. The molecule has 4 rings (SSSR count). The molecule has 0 aliphatic heterocycles. The maximum atomic E-state index is 10.9. The van der Waals surface area contributed by atoms with Crippen molar-refractivity contribution < 1.29 is 14.3 Å². The number of hydrogen-bond donors (Lipinski definition) is 1.